The van der Waals surface area contributed by atoms with Crippen molar-refractivity contribution in [3.63, 3.8) is 0 Å². The van der Waals surface area contributed by atoms with Crippen molar-refractivity contribution in [2.75, 3.05) is 14.1 Å². The molecule has 0 rings (SSSR count). The third-order valence-electron chi connectivity index (χ3n) is 1.39. The molecule has 1 amide bonds. The van der Waals surface area contributed by atoms with Crippen LogP contribution < -0.4 is 5.73 Å². The van der Waals surface area contributed by atoms with Gasteiger partial charge in [0.05, 0.1) is 0 Å². The second-order valence-electron chi connectivity index (χ2n) is 2.33. The fraction of sp³-hybridized carbons (Fsp3) is 0.429. The van der Waals surface area contributed by atoms with Crippen molar-refractivity contribution in [1.29, 1.82) is 5.26 Å². The van der Waals surface area contributed by atoms with E-state index in [2.05, 4.69) is 0 Å². The van der Waals surface area contributed by atoms with Crippen LogP contribution in [0, 0.1) is 11.3 Å². The van der Waals surface area contributed by atoms with Crippen molar-refractivity contribution in [3.05, 3.63) is 11.3 Å². The topological polar surface area (TPSA) is 70.1 Å². The van der Waals surface area contributed by atoms with Crippen molar-refractivity contribution >= 4 is 5.91 Å². The Morgan fingerprint density at radius 1 is 1.55 bits per heavy atom. The van der Waals surface area contributed by atoms with Crippen molar-refractivity contribution in [1.82, 2.24) is 4.90 Å². The van der Waals surface area contributed by atoms with Gasteiger partial charge in [0.25, 0.3) is 5.91 Å². The second kappa shape index (κ2) is 3.62. The lowest BCUT2D eigenvalue weighted by Gasteiger charge is -2.12. The van der Waals surface area contributed by atoms with E-state index in [1.165, 1.54) is 0 Å². The number of hydrogen-bond acceptors (Lipinski definition) is 3. The molecule has 0 saturated carbocycles. The van der Waals surface area contributed by atoms with Gasteiger partial charge in [0.1, 0.15) is 11.6 Å². The minimum Gasteiger partial charge on any atom is -0.380 e. The zero-order valence-corrected chi connectivity index (χ0v) is 6.88. The van der Waals surface area contributed by atoms with Crippen LogP contribution in [0.25, 0.3) is 0 Å². The summed E-state index contributed by atoms with van der Waals surface area (Å²) in [6.45, 7) is 1.67. The first-order valence-corrected chi connectivity index (χ1v) is 3.08. The number of nitrogens with two attached hydrogens (primary N) is 1. The van der Waals surface area contributed by atoms with Gasteiger partial charge in [0.2, 0.25) is 0 Å². The summed E-state index contributed by atoms with van der Waals surface area (Å²) in [5, 5.41) is 8.48. The zero-order valence-electron chi connectivity index (χ0n) is 6.88. The average Bonchev–Trinajstić information content (AvgIpc) is 1.88. The minimum absolute atomic E-state index is 0.00926. The maximum atomic E-state index is 10.6. The number of carbonyl (C=O) groups is 1. The van der Waals surface area contributed by atoms with Gasteiger partial charge in [-0.2, -0.15) is 5.26 Å². The molecule has 0 aromatic heterocycles. The van der Waals surface area contributed by atoms with Crippen LogP contribution in [0.3, 0.4) is 0 Å². The van der Waals surface area contributed by atoms with E-state index in [4.69, 9.17) is 11.0 Å². The van der Waals surface area contributed by atoms with Gasteiger partial charge in [0.15, 0.2) is 0 Å². The summed E-state index contributed by atoms with van der Waals surface area (Å²) >= 11 is 0. The van der Waals surface area contributed by atoms with Gasteiger partial charge in [-0.25, -0.2) is 0 Å². The molecule has 11 heavy (non-hydrogen) atoms. The van der Waals surface area contributed by atoms with Crippen LogP contribution in [-0.2, 0) is 4.79 Å². The molecule has 0 aliphatic heterocycles. The van der Waals surface area contributed by atoms with Gasteiger partial charge in [-0.3, -0.25) is 4.79 Å². The molecule has 0 bridgehead atoms. The largest absolute Gasteiger partial charge is 0.380 e. The van der Waals surface area contributed by atoms with Crippen LogP contribution in [0.4, 0.5) is 0 Å². The number of allylic oxidation sites excluding steroid dienone is 1. The van der Waals surface area contributed by atoms with E-state index in [-0.39, 0.29) is 5.57 Å². The molecule has 0 saturated heterocycles. The molecule has 4 nitrogen and oxygen atoms in total. The Hall–Kier alpha value is -1.50. The van der Waals surface area contributed by atoms with E-state index in [9.17, 15) is 4.79 Å². The maximum Gasteiger partial charge on any atom is 0.261 e. The van der Waals surface area contributed by atoms with Crippen LogP contribution in [0.1, 0.15) is 6.92 Å². The molecular formula is C7H11N3O. The van der Waals surface area contributed by atoms with E-state index in [0.29, 0.717) is 5.70 Å². The molecule has 0 fully saturated rings. The van der Waals surface area contributed by atoms with E-state index < -0.39 is 5.91 Å². The lowest BCUT2D eigenvalue weighted by Crippen LogP contribution is -2.19. The Balaban J connectivity index is 4.88. The van der Waals surface area contributed by atoms with Crippen LogP contribution in [0.5, 0.6) is 0 Å². The monoisotopic (exact) mass is 153 g/mol. The normalized spacial score (nSPS) is 11.5. The van der Waals surface area contributed by atoms with Crippen molar-refractivity contribution in [2.45, 2.75) is 6.92 Å². The highest BCUT2D eigenvalue weighted by atomic mass is 16.1. The lowest BCUT2D eigenvalue weighted by molar-refractivity contribution is -0.114. The Bertz CT molecular complexity index is 235. The van der Waals surface area contributed by atoms with Crippen molar-refractivity contribution in [2.24, 2.45) is 5.73 Å². The molecule has 60 valence electrons. The van der Waals surface area contributed by atoms with Crippen LogP contribution in [0.15, 0.2) is 11.3 Å². The number of nitrogens with zero attached hydrogens (tertiary/aromatic N) is 2. The molecule has 0 atom stereocenters. The van der Waals surface area contributed by atoms with E-state index >= 15 is 0 Å². The first-order chi connectivity index (χ1) is 5.00. The van der Waals surface area contributed by atoms with E-state index in [1.54, 1.807) is 32.0 Å². The first kappa shape index (κ1) is 9.50. The van der Waals surface area contributed by atoms with Gasteiger partial charge >= 0.3 is 0 Å². The SMILES string of the molecule is CC(=C(C#N)C(N)=O)N(C)C. The highest BCUT2D eigenvalue weighted by Crippen LogP contribution is 2.03. The Labute approximate surface area is 65.9 Å². The molecule has 0 radical (unpaired) electrons. The predicted molar refractivity (Wildman–Crippen MR) is 41.2 cm³/mol. The molecule has 4 heteroatoms. The summed E-state index contributed by atoms with van der Waals surface area (Å²) in [5.41, 5.74) is 5.53. The Morgan fingerprint density at radius 3 is 2.09 bits per heavy atom. The van der Waals surface area contributed by atoms with Gasteiger partial charge < -0.3 is 10.6 Å². The number of carbonyl (C=O) groups excluding carboxylic acids is 1. The van der Waals surface area contributed by atoms with Crippen LogP contribution in [-0.4, -0.2) is 24.9 Å². The summed E-state index contributed by atoms with van der Waals surface area (Å²) in [7, 11) is 3.49. The molecule has 0 spiro atoms. The molecule has 0 heterocycles. The molecule has 0 aromatic carbocycles. The standard InChI is InChI=1S/C7H11N3O/c1-5(10(2)3)6(4-8)7(9)11/h1-3H3,(H2,9,11). The highest BCUT2D eigenvalue weighted by Gasteiger charge is 2.08. The summed E-state index contributed by atoms with van der Waals surface area (Å²) in [4.78, 5) is 12.3. The van der Waals surface area contributed by atoms with E-state index in [1.807, 2.05) is 0 Å². The smallest absolute Gasteiger partial charge is 0.261 e. The molecule has 0 aliphatic rings. The average molecular weight is 153 g/mol. The summed E-state index contributed by atoms with van der Waals surface area (Å²) in [6, 6.07) is 1.75. The second-order valence-corrected chi connectivity index (χ2v) is 2.33. The number of nitriles is 1. The van der Waals surface area contributed by atoms with E-state index in [0.717, 1.165) is 0 Å². The van der Waals surface area contributed by atoms with Gasteiger partial charge in [-0.05, 0) is 6.92 Å². The van der Waals surface area contributed by atoms with Crippen molar-refractivity contribution in [3.8, 4) is 6.07 Å². The third-order valence-corrected chi connectivity index (χ3v) is 1.39. The fourth-order valence-corrected chi connectivity index (χ4v) is 0.538. The number of primary amides is 1. The molecular weight excluding hydrogens is 142 g/mol. The molecule has 2 N–H and O–H groups in total. The third kappa shape index (κ3) is 2.30. The first-order valence-electron chi connectivity index (χ1n) is 3.08. The number of hydrogen-bond donors (Lipinski definition) is 1. The van der Waals surface area contributed by atoms with Crippen LogP contribution >= 0.6 is 0 Å². The fourth-order valence-electron chi connectivity index (χ4n) is 0.538. The van der Waals surface area contributed by atoms with Crippen molar-refractivity contribution < 1.29 is 4.79 Å². The number of rotatable bonds is 2. The Morgan fingerprint density at radius 2 is 2.00 bits per heavy atom. The summed E-state index contributed by atoms with van der Waals surface area (Å²) < 4.78 is 0. The zero-order chi connectivity index (χ0) is 9.02. The van der Waals surface area contributed by atoms with Gasteiger partial charge in [-0.15, -0.1) is 0 Å². The van der Waals surface area contributed by atoms with Crippen LogP contribution in [0.2, 0.25) is 0 Å². The Kier molecular flexibility index (Phi) is 3.12. The van der Waals surface area contributed by atoms with Gasteiger partial charge in [0, 0.05) is 19.8 Å². The molecule has 0 unspecified atom stereocenters. The quantitative estimate of drug-likeness (QED) is 0.442. The highest BCUT2D eigenvalue weighted by molar-refractivity contribution is 5.96. The van der Waals surface area contributed by atoms with Gasteiger partial charge in [-0.1, -0.05) is 0 Å². The maximum absolute atomic E-state index is 10.6. The molecule has 0 aromatic rings. The minimum atomic E-state index is -0.682. The predicted octanol–water partition coefficient (Wildman–Crippen LogP) is -0.169. The summed E-state index contributed by atoms with van der Waals surface area (Å²) in [5.74, 6) is -0.682. The molecule has 0 aliphatic carbocycles. The number of amides is 1. The lowest BCUT2D eigenvalue weighted by atomic mass is 10.2. The summed E-state index contributed by atoms with van der Waals surface area (Å²) in [6.07, 6.45) is 0.